The molecule has 0 aliphatic heterocycles. The van der Waals surface area contributed by atoms with Crippen LogP contribution in [0.1, 0.15) is 18.9 Å². The fourth-order valence-corrected chi connectivity index (χ4v) is 2.20. The van der Waals surface area contributed by atoms with Crippen LogP contribution in [0.2, 0.25) is 0 Å². The van der Waals surface area contributed by atoms with Gasteiger partial charge < -0.3 is 18.9 Å². The molecule has 0 aliphatic carbocycles. The van der Waals surface area contributed by atoms with E-state index in [-0.39, 0.29) is 0 Å². The van der Waals surface area contributed by atoms with E-state index in [1.807, 2.05) is 30.3 Å². The molecule has 0 aliphatic rings. The van der Waals surface area contributed by atoms with E-state index in [9.17, 15) is 0 Å². The summed E-state index contributed by atoms with van der Waals surface area (Å²) >= 11 is 0. The highest BCUT2D eigenvalue weighted by Gasteiger charge is 2.10. The SMILES string of the molecule is CCc1ccc(OCCCOc2c(OC)cccc2OC)cc1. The summed E-state index contributed by atoms with van der Waals surface area (Å²) in [6.07, 6.45) is 1.81. The standard InChI is InChI=1S/C19H24O4/c1-4-15-9-11-16(12-10-15)22-13-6-14-23-19-17(20-2)7-5-8-18(19)21-3/h5,7-12H,4,6,13-14H2,1-3H3. The van der Waals surface area contributed by atoms with Crippen molar-refractivity contribution in [3.63, 3.8) is 0 Å². The summed E-state index contributed by atoms with van der Waals surface area (Å²) < 4.78 is 22.1. The van der Waals surface area contributed by atoms with Gasteiger partial charge in [-0.3, -0.25) is 0 Å². The Balaban J connectivity index is 1.79. The van der Waals surface area contributed by atoms with Crippen LogP contribution in [0.4, 0.5) is 0 Å². The molecule has 2 aromatic carbocycles. The van der Waals surface area contributed by atoms with Gasteiger partial charge in [0.25, 0.3) is 0 Å². The van der Waals surface area contributed by atoms with Crippen LogP contribution in [-0.4, -0.2) is 27.4 Å². The number of benzene rings is 2. The van der Waals surface area contributed by atoms with Gasteiger partial charge in [-0.2, -0.15) is 0 Å². The first-order valence-corrected chi connectivity index (χ1v) is 7.84. The second-order valence-electron chi connectivity index (χ2n) is 5.04. The summed E-state index contributed by atoms with van der Waals surface area (Å²) in [7, 11) is 3.23. The molecule has 0 fully saturated rings. The van der Waals surface area contributed by atoms with Gasteiger partial charge in [0.05, 0.1) is 27.4 Å². The average Bonchev–Trinajstić information content (AvgIpc) is 2.61. The van der Waals surface area contributed by atoms with Gasteiger partial charge in [-0.15, -0.1) is 0 Å². The van der Waals surface area contributed by atoms with Crippen molar-refractivity contribution in [2.75, 3.05) is 27.4 Å². The van der Waals surface area contributed by atoms with Crippen molar-refractivity contribution in [1.82, 2.24) is 0 Å². The molecule has 0 aromatic heterocycles. The zero-order chi connectivity index (χ0) is 16.5. The van der Waals surface area contributed by atoms with Crippen molar-refractivity contribution < 1.29 is 18.9 Å². The first-order chi connectivity index (χ1) is 11.3. The Morgan fingerprint density at radius 3 is 1.96 bits per heavy atom. The molecular formula is C19H24O4. The summed E-state index contributed by atoms with van der Waals surface area (Å²) in [6.45, 7) is 3.27. The van der Waals surface area contributed by atoms with Gasteiger partial charge in [-0.05, 0) is 36.2 Å². The summed E-state index contributed by atoms with van der Waals surface area (Å²) in [4.78, 5) is 0. The number of rotatable bonds is 9. The molecule has 0 saturated heterocycles. The van der Waals surface area contributed by atoms with E-state index in [0.29, 0.717) is 30.5 Å². The average molecular weight is 316 g/mol. The van der Waals surface area contributed by atoms with Crippen molar-refractivity contribution in [1.29, 1.82) is 0 Å². The molecule has 4 heteroatoms. The number of methoxy groups -OCH3 is 2. The van der Waals surface area contributed by atoms with E-state index in [1.54, 1.807) is 14.2 Å². The normalized spacial score (nSPS) is 10.2. The van der Waals surface area contributed by atoms with Crippen molar-refractivity contribution in [2.45, 2.75) is 19.8 Å². The Bertz CT molecular complexity index is 571. The van der Waals surface area contributed by atoms with E-state index in [2.05, 4.69) is 19.1 Å². The second-order valence-corrected chi connectivity index (χ2v) is 5.04. The van der Waals surface area contributed by atoms with Gasteiger partial charge in [0, 0.05) is 6.42 Å². The topological polar surface area (TPSA) is 36.9 Å². The van der Waals surface area contributed by atoms with Crippen molar-refractivity contribution in [3.8, 4) is 23.0 Å². The molecule has 0 saturated carbocycles. The van der Waals surface area contributed by atoms with Gasteiger partial charge >= 0.3 is 0 Å². The van der Waals surface area contributed by atoms with Crippen LogP contribution in [0.25, 0.3) is 0 Å². The van der Waals surface area contributed by atoms with Gasteiger partial charge in [0.1, 0.15) is 5.75 Å². The smallest absolute Gasteiger partial charge is 0.203 e. The van der Waals surface area contributed by atoms with Gasteiger partial charge in [0.15, 0.2) is 11.5 Å². The molecule has 2 aromatic rings. The zero-order valence-electron chi connectivity index (χ0n) is 14.0. The summed E-state index contributed by atoms with van der Waals surface area (Å²) in [5.74, 6) is 2.85. The quantitative estimate of drug-likeness (QED) is 0.652. The van der Waals surface area contributed by atoms with Gasteiger partial charge in [-0.25, -0.2) is 0 Å². The number of aryl methyl sites for hydroxylation is 1. The molecular weight excluding hydrogens is 292 g/mol. The minimum absolute atomic E-state index is 0.532. The van der Waals surface area contributed by atoms with E-state index in [1.165, 1.54) is 5.56 Å². The third kappa shape index (κ3) is 4.81. The Hall–Kier alpha value is -2.36. The van der Waals surface area contributed by atoms with Crippen LogP contribution in [0.15, 0.2) is 42.5 Å². The van der Waals surface area contributed by atoms with Crippen molar-refractivity contribution >= 4 is 0 Å². The first-order valence-electron chi connectivity index (χ1n) is 7.84. The van der Waals surface area contributed by atoms with Crippen LogP contribution in [0.3, 0.4) is 0 Å². The molecule has 23 heavy (non-hydrogen) atoms. The maximum absolute atomic E-state index is 5.79. The van der Waals surface area contributed by atoms with Crippen LogP contribution in [0, 0.1) is 0 Å². The third-order valence-corrected chi connectivity index (χ3v) is 3.52. The van der Waals surface area contributed by atoms with Crippen LogP contribution in [0.5, 0.6) is 23.0 Å². The second kappa shape index (κ2) is 8.93. The maximum Gasteiger partial charge on any atom is 0.203 e. The van der Waals surface area contributed by atoms with E-state index in [0.717, 1.165) is 18.6 Å². The molecule has 0 radical (unpaired) electrons. The summed E-state index contributed by atoms with van der Waals surface area (Å²) in [5.41, 5.74) is 1.31. The van der Waals surface area contributed by atoms with Crippen molar-refractivity contribution in [3.05, 3.63) is 48.0 Å². The van der Waals surface area contributed by atoms with Crippen LogP contribution >= 0.6 is 0 Å². The van der Waals surface area contributed by atoms with Crippen LogP contribution < -0.4 is 18.9 Å². The Morgan fingerprint density at radius 2 is 1.39 bits per heavy atom. The van der Waals surface area contributed by atoms with E-state index < -0.39 is 0 Å². The highest BCUT2D eigenvalue weighted by atomic mass is 16.5. The lowest BCUT2D eigenvalue weighted by Crippen LogP contribution is -2.06. The zero-order valence-corrected chi connectivity index (χ0v) is 14.0. The van der Waals surface area contributed by atoms with E-state index >= 15 is 0 Å². The molecule has 2 rings (SSSR count). The first kappa shape index (κ1) is 17.0. The molecule has 0 spiro atoms. The van der Waals surface area contributed by atoms with Crippen molar-refractivity contribution in [2.24, 2.45) is 0 Å². The lowest BCUT2D eigenvalue weighted by atomic mass is 10.2. The molecule has 0 N–H and O–H groups in total. The van der Waals surface area contributed by atoms with Gasteiger partial charge in [-0.1, -0.05) is 25.1 Å². The third-order valence-electron chi connectivity index (χ3n) is 3.52. The molecule has 0 amide bonds. The number of hydrogen-bond acceptors (Lipinski definition) is 4. The highest BCUT2D eigenvalue weighted by molar-refractivity contribution is 5.51. The fraction of sp³-hybridized carbons (Fsp3) is 0.368. The number of para-hydroxylation sites is 1. The van der Waals surface area contributed by atoms with E-state index in [4.69, 9.17) is 18.9 Å². The molecule has 4 nitrogen and oxygen atoms in total. The monoisotopic (exact) mass is 316 g/mol. The lowest BCUT2D eigenvalue weighted by Gasteiger charge is -2.14. The predicted molar refractivity (Wildman–Crippen MR) is 91.0 cm³/mol. The Labute approximate surface area is 137 Å². The maximum atomic E-state index is 5.79. The highest BCUT2D eigenvalue weighted by Crippen LogP contribution is 2.36. The molecule has 0 atom stereocenters. The minimum Gasteiger partial charge on any atom is -0.493 e. The summed E-state index contributed by atoms with van der Waals surface area (Å²) in [5, 5.41) is 0. The molecule has 0 heterocycles. The van der Waals surface area contributed by atoms with Gasteiger partial charge in [0.2, 0.25) is 5.75 Å². The molecule has 0 unspecified atom stereocenters. The largest absolute Gasteiger partial charge is 0.493 e. The Morgan fingerprint density at radius 1 is 0.783 bits per heavy atom. The summed E-state index contributed by atoms with van der Waals surface area (Å²) in [6, 6.07) is 13.8. The van der Waals surface area contributed by atoms with Crippen LogP contribution in [-0.2, 0) is 6.42 Å². The fourth-order valence-electron chi connectivity index (χ4n) is 2.20. The number of ether oxygens (including phenoxy) is 4. The minimum atomic E-state index is 0.532. The predicted octanol–water partition coefficient (Wildman–Crippen LogP) is 4.11. The Kier molecular flexibility index (Phi) is 6.60. The number of hydrogen-bond donors (Lipinski definition) is 0. The molecule has 0 bridgehead atoms. The lowest BCUT2D eigenvalue weighted by molar-refractivity contribution is 0.232. The molecule has 124 valence electrons.